The zero-order valence-electron chi connectivity index (χ0n) is 53.7. The van der Waals surface area contributed by atoms with E-state index in [4.69, 9.17) is 14.2 Å². The molecule has 0 aromatic heterocycles. The summed E-state index contributed by atoms with van der Waals surface area (Å²) < 4.78 is 17.0. The highest BCUT2D eigenvalue weighted by Gasteiger charge is 2.19. The van der Waals surface area contributed by atoms with Crippen LogP contribution in [0, 0.1) is 0 Å². The second-order valence-corrected chi connectivity index (χ2v) is 22.7. The summed E-state index contributed by atoms with van der Waals surface area (Å²) >= 11 is 0. The molecular formula is C76H128O6. The van der Waals surface area contributed by atoms with Crippen molar-refractivity contribution in [1.29, 1.82) is 0 Å². The molecule has 1 unspecified atom stereocenters. The van der Waals surface area contributed by atoms with Crippen molar-refractivity contribution in [2.45, 2.75) is 329 Å². The Hall–Kier alpha value is -4.19. The molecule has 0 amide bonds. The summed E-state index contributed by atoms with van der Waals surface area (Å²) in [4.78, 5) is 38.5. The zero-order chi connectivity index (χ0) is 59.2. The van der Waals surface area contributed by atoms with E-state index < -0.39 is 6.10 Å². The van der Waals surface area contributed by atoms with Crippen LogP contribution in [0.2, 0.25) is 0 Å². The quantitative estimate of drug-likeness (QED) is 0.0261. The Labute approximate surface area is 507 Å². The molecule has 468 valence electrons. The van der Waals surface area contributed by atoms with Crippen molar-refractivity contribution in [2.75, 3.05) is 13.2 Å². The van der Waals surface area contributed by atoms with Crippen LogP contribution in [0.1, 0.15) is 323 Å². The molecule has 0 saturated carbocycles. The number of ether oxygens (including phenoxy) is 3. The lowest BCUT2D eigenvalue weighted by atomic mass is 10.0. The lowest BCUT2D eigenvalue weighted by Gasteiger charge is -2.18. The monoisotopic (exact) mass is 1140 g/mol. The summed E-state index contributed by atoms with van der Waals surface area (Å²) in [6.45, 7) is 6.43. The molecule has 0 aliphatic carbocycles. The van der Waals surface area contributed by atoms with Crippen LogP contribution in [0.5, 0.6) is 0 Å². The van der Waals surface area contributed by atoms with Crippen molar-refractivity contribution in [3.8, 4) is 0 Å². The molecule has 82 heavy (non-hydrogen) atoms. The van der Waals surface area contributed by atoms with Gasteiger partial charge in [0, 0.05) is 19.3 Å². The minimum atomic E-state index is -0.796. The van der Waals surface area contributed by atoms with Gasteiger partial charge in [0.2, 0.25) is 0 Å². The summed E-state index contributed by atoms with van der Waals surface area (Å²) in [5.41, 5.74) is 0. The van der Waals surface area contributed by atoms with Crippen LogP contribution in [0.15, 0.2) is 122 Å². The van der Waals surface area contributed by atoms with Gasteiger partial charge in [0.25, 0.3) is 0 Å². The van der Waals surface area contributed by atoms with Gasteiger partial charge in [0.15, 0.2) is 6.10 Å². The molecule has 0 aliphatic rings. The smallest absolute Gasteiger partial charge is 0.306 e. The van der Waals surface area contributed by atoms with E-state index >= 15 is 0 Å². The maximum atomic E-state index is 13.0. The second-order valence-electron chi connectivity index (χ2n) is 22.7. The fraction of sp³-hybridized carbons (Fsp3) is 0.697. The molecule has 0 saturated heterocycles. The van der Waals surface area contributed by atoms with Crippen LogP contribution in [0.25, 0.3) is 0 Å². The van der Waals surface area contributed by atoms with Gasteiger partial charge in [-0.3, -0.25) is 14.4 Å². The van der Waals surface area contributed by atoms with E-state index in [1.807, 2.05) is 0 Å². The first-order chi connectivity index (χ1) is 40.5. The highest BCUT2D eigenvalue weighted by Crippen LogP contribution is 2.17. The Morgan fingerprint density at radius 1 is 0.256 bits per heavy atom. The van der Waals surface area contributed by atoms with Gasteiger partial charge in [-0.2, -0.15) is 0 Å². The Balaban J connectivity index is 4.41. The number of carbonyl (C=O) groups excluding carboxylic acids is 3. The van der Waals surface area contributed by atoms with Gasteiger partial charge < -0.3 is 14.2 Å². The lowest BCUT2D eigenvalue weighted by Crippen LogP contribution is -2.30. The normalized spacial score (nSPS) is 12.9. The number of rotatable bonds is 62. The number of unbranched alkanes of at least 4 members (excludes halogenated alkanes) is 31. The average molecular weight is 1140 g/mol. The number of allylic oxidation sites excluding steroid dienone is 20. The molecule has 6 heteroatoms. The zero-order valence-corrected chi connectivity index (χ0v) is 53.7. The summed E-state index contributed by atoms with van der Waals surface area (Å²) in [6, 6.07) is 0. The van der Waals surface area contributed by atoms with E-state index in [-0.39, 0.29) is 31.1 Å². The highest BCUT2D eigenvalue weighted by atomic mass is 16.6. The molecule has 0 aromatic carbocycles. The predicted molar refractivity (Wildman–Crippen MR) is 357 cm³/mol. The SMILES string of the molecule is CC/C=C\C/C=C\C/C=C\C/C=C\C/C=C\C/C=C\CCCCCCC(=O)OC(COC(=O)CCCCCCCCCCCCCC/C=C\C/C=C\C/C=C\C/C=C\CC)COC(=O)CCCCCCCCCCCCCCCCCC. The van der Waals surface area contributed by atoms with Crippen LogP contribution in [-0.2, 0) is 28.6 Å². The van der Waals surface area contributed by atoms with E-state index in [9.17, 15) is 14.4 Å². The molecule has 0 spiro atoms. The van der Waals surface area contributed by atoms with Crippen molar-refractivity contribution >= 4 is 17.9 Å². The molecule has 0 bridgehead atoms. The minimum Gasteiger partial charge on any atom is -0.462 e. The van der Waals surface area contributed by atoms with Crippen LogP contribution in [-0.4, -0.2) is 37.2 Å². The Bertz CT molecular complexity index is 1690. The third-order valence-corrected chi connectivity index (χ3v) is 14.7. The van der Waals surface area contributed by atoms with E-state index in [1.54, 1.807) is 0 Å². The molecule has 0 aliphatic heterocycles. The van der Waals surface area contributed by atoms with Gasteiger partial charge in [-0.05, 0) is 109 Å². The van der Waals surface area contributed by atoms with E-state index in [1.165, 1.54) is 148 Å². The molecule has 0 N–H and O–H groups in total. The van der Waals surface area contributed by atoms with E-state index in [2.05, 4.69) is 142 Å². The van der Waals surface area contributed by atoms with Crippen molar-refractivity contribution in [3.05, 3.63) is 122 Å². The van der Waals surface area contributed by atoms with Crippen molar-refractivity contribution < 1.29 is 28.6 Å². The first kappa shape index (κ1) is 77.8. The van der Waals surface area contributed by atoms with Gasteiger partial charge in [0.1, 0.15) is 13.2 Å². The van der Waals surface area contributed by atoms with Crippen molar-refractivity contribution in [1.82, 2.24) is 0 Å². The molecule has 0 aromatic rings. The molecule has 0 heterocycles. The first-order valence-electron chi connectivity index (χ1n) is 34.5. The molecule has 0 fully saturated rings. The third-order valence-electron chi connectivity index (χ3n) is 14.7. The average Bonchev–Trinajstić information content (AvgIpc) is 3.47. The number of carbonyl (C=O) groups is 3. The number of hydrogen-bond acceptors (Lipinski definition) is 6. The van der Waals surface area contributed by atoms with Gasteiger partial charge >= 0.3 is 17.9 Å². The summed E-state index contributed by atoms with van der Waals surface area (Å²) in [5.74, 6) is -0.903. The first-order valence-corrected chi connectivity index (χ1v) is 34.5. The minimum absolute atomic E-state index is 0.0879. The van der Waals surface area contributed by atoms with Crippen molar-refractivity contribution in [2.24, 2.45) is 0 Å². The molecule has 0 rings (SSSR count). The summed E-state index contributed by atoms with van der Waals surface area (Å²) in [6.07, 6.45) is 96.4. The van der Waals surface area contributed by atoms with E-state index in [0.29, 0.717) is 19.3 Å². The fourth-order valence-electron chi connectivity index (χ4n) is 9.62. The maximum absolute atomic E-state index is 13.0. The Morgan fingerprint density at radius 2 is 0.476 bits per heavy atom. The topological polar surface area (TPSA) is 78.9 Å². The summed E-state index contributed by atoms with van der Waals surface area (Å²) in [5, 5.41) is 0. The highest BCUT2D eigenvalue weighted by molar-refractivity contribution is 5.71. The molecule has 1 atom stereocenters. The van der Waals surface area contributed by atoms with Crippen molar-refractivity contribution in [3.63, 3.8) is 0 Å². The number of hydrogen-bond donors (Lipinski definition) is 0. The van der Waals surface area contributed by atoms with Crippen LogP contribution in [0.4, 0.5) is 0 Å². The Kier molecular flexibility index (Phi) is 65.8. The molecular weight excluding hydrogens is 1010 g/mol. The second kappa shape index (κ2) is 69.3. The predicted octanol–water partition coefficient (Wildman–Crippen LogP) is 23.9. The molecule has 0 radical (unpaired) electrons. The Morgan fingerprint density at radius 3 is 0.744 bits per heavy atom. The molecule has 6 nitrogen and oxygen atoms in total. The van der Waals surface area contributed by atoms with E-state index in [0.717, 1.165) is 135 Å². The lowest BCUT2D eigenvalue weighted by molar-refractivity contribution is -0.167. The van der Waals surface area contributed by atoms with Gasteiger partial charge in [0.05, 0.1) is 0 Å². The number of esters is 3. The van der Waals surface area contributed by atoms with Crippen LogP contribution < -0.4 is 0 Å². The maximum Gasteiger partial charge on any atom is 0.306 e. The van der Waals surface area contributed by atoms with Crippen LogP contribution >= 0.6 is 0 Å². The van der Waals surface area contributed by atoms with Gasteiger partial charge in [-0.25, -0.2) is 0 Å². The van der Waals surface area contributed by atoms with Gasteiger partial charge in [-0.1, -0.05) is 316 Å². The van der Waals surface area contributed by atoms with Gasteiger partial charge in [-0.15, -0.1) is 0 Å². The largest absolute Gasteiger partial charge is 0.462 e. The van der Waals surface area contributed by atoms with Crippen LogP contribution in [0.3, 0.4) is 0 Å². The third kappa shape index (κ3) is 66.6. The fourth-order valence-corrected chi connectivity index (χ4v) is 9.62. The standard InChI is InChI=1S/C76H128O6/c1-4-7-10-13-16-19-22-25-28-31-33-35-37-38-40-41-43-45-48-51-54-57-60-63-66-69-75(78)81-72-73(71-80-74(77)68-65-62-59-56-53-50-47-30-27-24-21-18-15-12-9-6-3)82-76(79)70-67-64-61-58-55-52-49-46-44-42-39-36-34-32-29-26-23-20-17-14-11-8-5-2/h7-8,10-11,16-17,19-20,25-26,28-29,33-36,42,44,49,52,73H,4-6,9,12-15,18,21-24,27,30-32,37-41,43,45-48,50-51,53-72H2,1-3H3/b10-7-,11-8-,19-16-,20-17-,28-25-,29-26-,35-33-,36-34-,44-42-,52-49-. The summed E-state index contributed by atoms with van der Waals surface area (Å²) in [7, 11) is 0.